The molecule has 0 saturated carbocycles. The van der Waals surface area contributed by atoms with Gasteiger partial charge in [-0.3, -0.25) is 24.0 Å². The number of aryl methyl sites for hydroxylation is 1. The maximum atomic E-state index is 13.5. The van der Waals surface area contributed by atoms with Gasteiger partial charge in [-0.1, -0.05) is 43.3 Å². The molecule has 0 aliphatic heterocycles. The van der Waals surface area contributed by atoms with Gasteiger partial charge in [-0.05, 0) is 30.9 Å². The lowest BCUT2D eigenvalue weighted by Crippen LogP contribution is -2.52. The van der Waals surface area contributed by atoms with Crippen molar-refractivity contribution in [2.45, 2.75) is 32.7 Å². The Labute approximate surface area is 199 Å². The summed E-state index contributed by atoms with van der Waals surface area (Å²) in [5, 5.41) is 13.8. The van der Waals surface area contributed by atoms with Gasteiger partial charge in [-0.25, -0.2) is 8.42 Å². The zero-order valence-electron chi connectivity index (χ0n) is 19.7. The molecule has 0 heterocycles. The minimum absolute atomic E-state index is 0.0426. The maximum Gasteiger partial charge on any atom is 0.271 e. The highest BCUT2D eigenvalue weighted by Crippen LogP contribution is 2.27. The van der Waals surface area contributed by atoms with E-state index in [1.165, 1.54) is 24.1 Å². The lowest BCUT2D eigenvalue weighted by atomic mass is 10.1. The molecule has 0 aliphatic rings. The molecule has 0 bridgehead atoms. The molecule has 0 aromatic heterocycles. The Morgan fingerprint density at radius 2 is 1.79 bits per heavy atom. The molecule has 0 radical (unpaired) electrons. The van der Waals surface area contributed by atoms with Gasteiger partial charge in [0.25, 0.3) is 5.69 Å². The fraction of sp³-hybridized carbons (Fsp3) is 0.391. The van der Waals surface area contributed by atoms with Gasteiger partial charge >= 0.3 is 0 Å². The highest BCUT2D eigenvalue weighted by molar-refractivity contribution is 7.92. The second kappa shape index (κ2) is 11.6. The van der Waals surface area contributed by atoms with Crippen LogP contribution < -0.4 is 9.62 Å². The molecular weight excluding hydrogens is 460 g/mol. The third-order valence-corrected chi connectivity index (χ3v) is 6.59. The number of nitrogens with zero attached hydrogens (tertiary/aromatic N) is 3. The first-order valence-corrected chi connectivity index (χ1v) is 12.6. The maximum absolute atomic E-state index is 13.5. The Morgan fingerprint density at radius 3 is 2.32 bits per heavy atom. The van der Waals surface area contributed by atoms with Crippen molar-refractivity contribution >= 4 is 33.2 Å². The Bertz CT molecular complexity index is 1140. The molecular formula is C23H30N4O6S. The number of anilines is 1. The van der Waals surface area contributed by atoms with Crippen LogP contribution in [0.2, 0.25) is 0 Å². The van der Waals surface area contributed by atoms with Crippen LogP contribution in [0.4, 0.5) is 11.4 Å². The van der Waals surface area contributed by atoms with Crippen molar-refractivity contribution in [1.29, 1.82) is 0 Å². The fourth-order valence-corrected chi connectivity index (χ4v) is 4.54. The Hall–Kier alpha value is -3.47. The van der Waals surface area contributed by atoms with E-state index in [0.717, 1.165) is 22.2 Å². The van der Waals surface area contributed by atoms with E-state index < -0.39 is 33.4 Å². The lowest BCUT2D eigenvalue weighted by Gasteiger charge is -2.32. The van der Waals surface area contributed by atoms with Crippen molar-refractivity contribution in [2.75, 3.05) is 30.7 Å². The van der Waals surface area contributed by atoms with E-state index in [1.54, 1.807) is 13.8 Å². The van der Waals surface area contributed by atoms with Crippen LogP contribution in [0.15, 0.2) is 48.5 Å². The largest absolute Gasteiger partial charge is 0.357 e. The summed E-state index contributed by atoms with van der Waals surface area (Å²) in [7, 11) is -2.50. The van der Waals surface area contributed by atoms with Crippen LogP contribution in [0.1, 0.15) is 24.5 Å². The number of hydrogen-bond donors (Lipinski definition) is 1. The highest BCUT2D eigenvalue weighted by atomic mass is 32.2. The molecule has 0 unspecified atom stereocenters. The summed E-state index contributed by atoms with van der Waals surface area (Å²) < 4.78 is 26.1. The SMILES string of the molecule is CC[C@@H](C(=O)NC)N(CCc1ccccc1)C(=O)CN(c1cc([N+](=O)[O-])ccc1C)S(C)(=O)=O. The molecule has 184 valence electrons. The van der Waals surface area contributed by atoms with Gasteiger partial charge < -0.3 is 10.2 Å². The first-order valence-electron chi connectivity index (χ1n) is 10.8. The Balaban J connectivity index is 2.43. The number of hydrogen-bond acceptors (Lipinski definition) is 6. The van der Waals surface area contributed by atoms with Gasteiger partial charge in [0.15, 0.2) is 0 Å². The van der Waals surface area contributed by atoms with Crippen LogP contribution in [0.5, 0.6) is 0 Å². The summed E-state index contributed by atoms with van der Waals surface area (Å²) in [4.78, 5) is 38.0. The number of nitro benzene ring substituents is 1. The second-order valence-corrected chi connectivity index (χ2v) is 9.77. The predicted molar refractivity (Wildman–Crippen MR) is 130 cm³/mol. The molecule has 2 rings (SSSR count). The highest BCUT2D eigenvalue weighted by Gasteiger charge is 2.31. The van der Waals surface area contributed by atoms with Gasteiger partial charge in [-0.2, -0.15) is 0 Å². The Kier molecular flexibility index (Phi) is 9.13. The number of nitrogens with one attached hydrogen (secondary N) is 1. The van der Waals surface area contributed by atoms with Gasteiger partial charge in [0.1, 0.15) is 12.6 Å². The predicted octanol–water partition coefficient (Wildman–Crippen LogP) is 2.27. The number of benzene rings is 2. The van der Waals surface area contributed by atoms with Gasteiger partial charge in [0, 0.05) is 25.7 Å². The number of sulfonamides is 1. The first kappa shape index (κ1) is 26.8. The van der Waals surface area contributed by atoms with E-state index in [4.69, 9.17) is 0 Å². The molecule has 11 heteroatoms. The fourth-order valence-electron chi connectivity index (χ4n) is 3.64. The summed E-state index contributed by atoms with van der Waals surface area (Å²) in [6.45, 7) is 2.97. The summed E-state index contributed by atoms with van der Waals surface area (Å²) >= 11 is 0. The first-order chi connectivity index (χ1) is 16.0. The Morgan fingerprint density at radius 1 is 1.15 bits per heavy atom. The third-order valence-electron chi connectivity index (χ3n) is 5.47. The molecule has 0 spiro atoms. The average molecular weight is 491 g/mol. The molecule has 1 atom stereocenters. The molecule has 0 saturated heterocycles. The second-order valence-electron chi connectivity index (χ2n) is 7.86. The van der Waals surface area contributed by atoms with Gasteiger partial charge in [0.2, 0.25) is 21.8 Å². The van der Waals surface area contributed by atoms with Crippen LogP contribution in [0.25, 0.3) is 0 Å². The van der Waals surface area contributed by atoms with Crippen molar-refractivity contribution in [3.63, 3.8) is 0 Å². The van der Waals surface area contributed by atoms with Crippen LogP contribution >= 0.6 is 0 Å². The van der Waals surface area contributed by atoms with Crippen molar-refractivity contribution < 1.29 is 22.9 Å². The van der Waals surface area contributed by atoms with E-state index in [-0.39, 0.29) is 23.8 Å². The molecule has 2 aromatic carbocycles. The molecule has 1 N–H and O–H groups in total. The molecule has 0 fully saturated rings. The molecule has 34 heavy (non-hydrogen) atoms. The van der Waals surface area contributed by atoms with Crippen molar-refractivity contribution in [3.05, 3.63) is 69.8 Å². The van der Waals surface area contributed by atoms with E-state index in [2.05, 4.69) is 5.32 Å². The standard InChI is InChI=1S/C23H30N4O6S/c1-5-20(23(29)24-3)25(14-13-18-9-7-6-8-10-18)22(28)16-26(34(4,32)33)21-15-19(27(30)31)12-11-17(21)2/h6-12,15,20H,5,13-14,16H2,1-4H3,(H,24,29)/t20-/m0/s1. The topological polar surface area (TPSA) is 130 Å². The number of nitro groups is 1. The minimum Gasteiger partial charge on any atom is -0.357 e. The molecule has 2 aromatic rings. The number of non-ortho nitro benzene ring substituents is 1. The molecule has 2 amide bonds. The van der Waals surface area contributed by atoms with E-state index in [9.17, 15) is 28.1 Å². The molecule has 0 aliphatic carbocycles. The van der Waals surface area contributed by atoms with E-state index >= 15 is 0 Å². The van der Waals surface area contributed by atoms with Crippen LogP contribution in [0, 0.1) is 17.0 Å². The number of rotatable bonds is 11. The van der Waals surface area contributed by atoms with Crippen molar-refractivity contribution in [3.8, 4) is 0 Å². The third kappa shape index (κ3) is 6.77. The number of carbonyl (C=O) groups excluding carboxylic acids is 2. The zero-order chi connectivity index (χ0) is 25.5. The molecule has 10 nitrogen and oxygen atoms in total. The monoisotopic (exact) mass is 490 g/mol. The average Bonchev–Trinajstić information content (AvgIpc) is 2.79. The van der Waals surface area contributed by atoms with Crippen molar-refractivity contribution in [2.24, 2.45) is 0 Å². The summed E-state index contributed by atoms with van der Waals surface area (Å²) in [6, 6.07) is 12.5. The number of likely N-dealkylation sites (N-methyl/N-ethyl adjacent to an activating group) is 1. The quantitative estimate of drug-likeness (QED) is 0.380. The number of amides is 2. The normalized spacial score (nSPS) is 12.0. The van der Waals surface area contributed by atoms with Gasteiger partial charge in [-0.15, -0.1) is 0 Å². The smallest absolute Gasteiger partial charge is 0.271 e. The summed E-state index contributed by atoms with van der Waals surface area (Å²) in [6.07, 6.45) is 1.73. The summed E-state index contributed by atoms with van der Waals surface area (Å²) in [5.74, 6) is -0.941. The number of carbonyl (C=O) groups is 2. The zero-order valence-corrected chi connectivity index (χ0v) is 20.5. The lowest BCUT2D eigenvalue weighted by molar-refractivity contribution is -0.384. The minimum atomic E-state index is -3.97. The van der Waals surface area contributed by atoms with Crippen molar-refractivity contribution in [1.82, 2.24) is 10.2 Å². The summed E-state index contributed by atoms with van der Waals surface area (Å²) in [5.41, 5.74) is 1.17. The van der Waals surface area contributed by atoms with E-state index in [0.29, 0.717) is 18.4 Å². The van der Waals surface area contributed by atoms with Crippen LogP contribution in [-0.4, -0.2) is 62.5 Å². The van der Waals surface area contributed by atoms with E-state index in [1.807, 2.05) is 30.3 Å². The van der Waals surface area contributed by atoms with Gasteiger partial charge in [0.05, 0.1) is 16.9 Å². The van der Waals surface area contributed by atoms with Crippen LogP contribution in [-0.2, 0) is 26.0 Å². The van der Waals surface area contributed by atoms with Crippen LogP contribution in [0.3, 0.4) is 0 Å².